The van der Waals surface area contributed by atoms with Crippen LogP contribution in [0.1, 0.15) is 45.4 Å². The van der Waals surface area contributed by atoms with Gasteiger partial charge in [0.05, 0.1) is 6.10 Å². The fourth-order valence-electron chi connectivity index (χ4n) is 2.44. The normalized spacial score (nSPS) is 24.9. The van der Waals surface area contributed by atoms with Crippen LogP contribution >= 0.6 is 31.9 Å². The lowest BCUT2D eigenvalue weighted by molar-refractivity contribution is 0.0480. The van der Waals surface area contributed by atoms with Gasteiger partial charge in [-0.05, 0) is 32.0 Å². The lowest BCUT2D eigenvalue weighted by atomic mass is 10.0. The van der Waals surface area contributed by atoms with Gasteiger partial charge < -0.3 is 9.53 Å². The van der Waals surface area contributed by atoms with E-state index in [2.05, 4.69) is 51.9 Å². The molecule has 2 atom stereocenters. The summed E-state index contributed by atoms with van der Waals surface area (Å²) in [6, 6.07) is 1.19. The van der Waals surface area contributed by atoms with Crippen LogP contribution in [0.15, 0.2) is 8.96 Å². The number of hydrogen-bond acceptors (Lipinski definition) is 2. The number of rotatable bonds is 7. The van der Waals surface area contributed by atoms with E-state index in [1.165, 1.54) is 31.7 Å². The Morgan fingerprint density at radius 2 is 1.95 bits per heavy atom. The third-order valence-electron chi connectivity index (χ3n) is 3.62. The third-order valence-corrected chi connectivity index (χ3v) is 8.42. The van der Waals surface area contributed by atoms with Gasteiger partial charge in [-0.1, -0.05) is 64.5 Å². The number of halogens is 2. The molecule has 0 spiro atoms. The second-order valence-corrected chi connectivity index (χ2v) is 12.0. The molecule has 0 bridgehead atoms. The number of allylic oxidation sites excluding steroid dienone is 1. The Bertz CT molecular complexity index is 319. The van der Waals surface area contributed by atoms with Crippen molar-refractivity contribution in [2.75, 3.05) is 0 Å². The molecule has 19 heavy (non-hydrogen) atoms. The highest BCUT2D eigenvalue weighted by atomic mass is 79.9. The molecule has 0 aliphatic heterocycles. The smallest absolute Gasteiger partial charge is 0.187 e. The van der Waals surface area contributed by atoms with Crippen LogP contribution in [0.2, 0.25) is 19.1 Å². The number of aliphatic hydroxyl groups is 1. The fourth-order valence-corrected chi connectivity index (χ4v) is 5.68. The molecule has 112 valence electrons. The molecule has 0 aromatic heterocycles. The minimum Gasteiger partial charge on any atom is -0.411 e. The average molecular weight is 414 g/mol. The van der Waals surface area contributed by atoms with Crippen LogP contribution in [0.4, 0.5) is 0 Å². The van der Waals surface area contributed by atoms with Crippen LogP contribution in [0.5, 0.6) is 0 Å². The van der Waals surface area contributed by atoms with E-state index in [4.69, 9.17) is 4.43 Å². The molecule has 0 aromatic rings. The SMILES string of the molecule is CCCCCC[Si](C)(C)O[C@H]1CCC(Br)=C(Br)[C@H]1O. The summed E-state index contributed by atoms with van der Waals surface area (Å²) in [5.74, 6) is 0. The molecule has 0 fully saturated rings. The Labute approximate surface area is 135 Å². The predicted molar refractivity (Wildman–Crippen MR) is 91.4 cm³/mol. The maximum absolute atomic E-state index is 10.2. The van der Waals surface area contributed by atoms with Gasteiger partial charge in [0.15, 0.2) is 8.32 Å². The summed E-state index contributed by atoms with van der Waals surface area (Å²) in [7, 11) is -1.65. The van der Waals surface area contributed by atoms with Gasteiger partial charge in [-0.25, -0.2) is 0 Å². The maximum atomic E-state index is 10.2. The molecule has 1 rings (SSSR count). The Morgan fingerprint density at radius 1 is 1.26 bits per heavy atom. The van der Waals surface area contributed by atoms with Crippen molar-refractivity contribution in [2.24, 2.45) is 0 Å². The Hall–Kier alpha value is 0.837. The fraction of sp³-hybridized carbons (Fsp3) is 0.857. The first kappa shape index (κ1) is 17.9. The Kier molecular flexibility index (Phi) is 7.83. The molecule has 2 nitrogen and oxygen atoms in total. The van der Waals surface area contributed by atoms with Crippen molar-refractivity contribution in [1.29, 1.82) is 0 Å². The lowest BCUT2D eigenvalue weighted by Crippen LogP contribution is -2.42. The highest BCUT2D eigenvalue weighted by Gasteiger charge is 2.34. The minimum atomic E-state index is -1.65. The first-order valence-corrected chi connectivity index (χ1v) is 12.0. The van der Waals surface area contributed by atoms with Gasteiger partial charge in [-0.3, -0.25) is 0 Å². The van der Waals surface area contributed by atoms with Gasteiger partial charge in [-0.15, -0.1) is 0 Å². The molecule has 0 radical (unpaired) electrons. The number of unbranched alkanes of at least 4 members (excludes halogenated alkanes) is 3. The van der Waals surface area contributed by atoms with E-state index in [0.29, 0.717) is 0 Å². The van der Waals surface area contributed by atoms with E-state index in [9.17, 15) is 5.11 Å². The van der Waals surface area contributed by atoms with Gasteiger partial charge in [0, 0.05) is 8.96 Å². The van der Waals surface area contributed by atoms with E-state index in [1.54, 1.807) is 0 Å². The van der Waals surface area contributed by atoms with Gasteiger partial charge >= 0.3 is 0 Å². The highest BCUT2D eigenvalue weighted by molar-refractivity contribution is 9.14. The molecule has 0 saturated heterocycles. The second kappa shape index (κ2) is 8.32. The van der Waals surface area contributed by atoms with E-state index in [0.717, 1.165) is 21.8 Å². The van der Waals surface area contributed by atoms with Crippen LogP contribution in [0.25, 0.3) is 0 Å². The minimum absolute atomic E-state index is 0.0384. The zero-order chi connectivity index (χ0) is 14.5. The van der Waals surface area contributed by atoms with Crippen LogP contribution in [-0.4, -0.2) is 25.6 Å². The van der Waals surface area contributed by atoms with Crippen LogP contribution in [-0.2, 0) is 4.43 Å². The zero-order valence-corrected chi connectivity index (χ0v) is 16.4. The van der Waals surface area contributed by atoms with Crippen molar-refractivity contribution in [3.63, 3.8) is 0 Å². The zero-order valence-electron chi connectivity index (χ0n) is 12.2. The van der Waals surface area contributed by atoms with Gasteiger partial charge in [0.1, 0.15) is 6.10 Å². The van der Waals surface area contributed by atoms with E-state index >= 15 is 0 Å². The summed E-state index contributed by atoms with van der Waals surface area (Å²) in [6.07, 6.45) is 6.46. The van der Waals surface area contributed by atoms with Crippen molar-refractivity contribution >= 4 is 40.2 Å². The van der Waals surface area contributed by atoms with Crippen molar-refractivity contribution in [2.45, 2.75) is 76.8 Å². The molecule has 0 saturated carbocycles. The van der Waals surface area contributed by atoms with Crippen LogP contribution in [0, 0.1) is 0 Å². The summed E-state index contributed by atoms with van der Waals surface area (Å²) in [6.45, 7) is 6.78. The summed E-state index contributed by atoms with van der Waals surface area (Å²) >= 11 is 6.95. The summed E-state index contributed by atoms with van der Waals surface area (Å²) < 4.78 is 8.23. The lowest BCUT2D eigenvalue weighted by Gasteiger charge is -2.35. The predicted octanol–water partition coefficient (Wildman–Crippen LogP) is 5.31. The molecule has 1 aliphatic carbocycles. The van der Waals surface area contributed by atoms with Gasteiger partial charge in [0.2, 0.25) is 0 Å². The van der Waals surface area contributed by atoms with Crippen molar-refractivity contribution in [3.05, 3.63) is 8.96 Å². The largest absolute Gasteiger partial charge is 0.411 e. The summed E-state index contributed by atoms with van der Waals surface area (Å²) in [4.78, 5) is 0. The van der Waals surface area contributed by atoms with Crippen molar-refractivity contribution in [1.82, 2.24) is 0 Å². The van der Waals surface area contributed by atoms with E-state index < -0.39 is 14.4 Å². The molecule has 0 unspecified atom stereocenters. The number of hydrogen-bond donors (Lipinski definition) is 1. The molecule has 1 N–H and O–H groups in total. The molecular weight excluding hydrogens is 388 g/mol. The average Bonchev–Trinajstić information content (AvgIpc) is 2.35. The third kappa shape index (κ3) is 6.00. The Balaban J connectivity index is 2.45. The standard InChI is InChI=1S/C14H26Br2O2Si/c1-4-5-6-7-10-19(2,3)18-12-9-8-11(15)13(16)14(12)17/h12,14,17H,4-10H2,1-3H3/t12-,14-/m0/s1. The van der Waals surface area contributed by atoms with Gasteiger partial charge in [-0.2, -0.15) is 0 Å². The second-order valence-electron chi connectivity index (χ2n) is 5.96. The summed E-state index contributed by atoms with van der Waals surface area (Å²) in [5, 5.41) is 10.2. The molecule has 0 heterocycles. The molecular formula is C14H26Br2O2Si. The van der Waals surface area contributed by atoms with Crippen LogP contribution in [0.3, 0.4) is 0 Å². The Morgan fingerprint density at radius 3 is 2.58 bits per heavy atom. The monoisotopic (exact) mass is 412 g/mol. The maximum Gasteiger partial charge on any atom is 0.187 e. The molecule has 0 aromatic carbocycles. The quantitative estimate of drug-likeness (QED) is 0.452. The molecule has 1 aliphatic rings. The number of aliphatic hydroxyl groups excluding tert-OH is 1. The van der Waals surface area contributed by atoms with E-state index in [-0.39, 0.29) is 6.10 Å². The van der Waals surface area contributed by atoms with Crippen molar-refractivity contribution < 1.29 is 9.53 Å². The summed E-state index contributed by atoms with van der Waals surface area (Å²) in [5.41, 5.74) is 0. The molecule has 5 heteroatoms. The van der Waals surface area contributed by atoms with E-state index in [1.807, 2.05) is 0 Å². The van der Waals surface area contributed by atoms with Crippen LogP contribution < -0.4 is 0 Å². The van der Waals surface area contributed by atoms with Gasteiger partial charge in [0.25, 0.3) is 0 Å². The van der Waals surface area contributed by atoms with Crippen molar-refractivity contribution in [3.8, 4) is 0 Å². The topological polar surface area (TPSA) is 29.5 Å². The first-order chi connectivity index (χ1) is 8.87. The molecule has 0 amide bonds. The highest BCUT2D eigenvalue weighted by Crippen LogP contribution is 2.36. The first-order valence-electron chi connectivity index (χ1n) is 7.27.